The van der Waals surface area contributed by atoms with Gasteiger partial charge in [-0.25, -0.2) is 0 Å². The number of morpholine rings is 1. The summed E-state index contributed by atoms with van der Waals surface area (Å²) in [5.41, 5.74) is 1.93. The lowest BCUT2D eigenvalue weighted by atomic mass is 10.2. The van der Waals surface area contributed by atoms with Crippen LogP contribution in [0.5, 0.6) is 0 Å². The van der Waals surface area contributed by atoms with E-state index in [-0.39, 0.29) is 5.91 Å². The summed E-state index contributed by atoms with van der Waals surface area (Å²) in [6.45, 7) is 6.66. The minimum atomic E-state index is 0.0252. The van der Waals surface area contributed by atoms with Crippen molar-refractivity contribution in [2.24, 2.45) is 0 Å². The highest BCUT2D eigenvalue weighted by Gasteiger charge is 2.12. The quantitative estimate of drug-likeness (QED) is 0.671. The van der Waals surface area contributed by atoms with Gasteiger partial charge in [-0.1, -0.05) is 0 Å². The number of halogens is 2. The molecule has 1 saturated heterocycles. The van der Waals surface area contributed by atoms with Crippen molar-refractivity contribution in [2.45, 2.75) is 6.92 Å². The number of thioether (sulfide) groups is 1. The van der Waals surface area contributed by atoms with Crippen molar-refractivity contribution in [3.8, 4) is 0 Å². The summed E-state index contributed by atoms with van der Waals surface area (Å²) >= 11 is 8.64. The second kappa shape index (κ2) is 9.27. The van der Waals surface area contributed by atoms with E-state index in [0.717, 1.165) is 58.8 Å². The van der Waals surface area contributed by atoms with E-state index in [9.17, 15) is 4.79 Å². The van der Waals surface area contributed by atoms with Crippen molar-refractivity contribution in [1.29, 1.82) is 0 Å². The highest BCUT2D eigenvalue weighted by atomic mass is 79.9. The summed E-state index contributed by atoms with van der Waals surface area (Å²) in [6.07, 6.45) is 0. The molecular weight excluding hydrogens is 432 g/mol. The Morgan fingerprint density at radius 3 is 2.59 bits per heavy atom. The molecular formula is C15H20Br2N2O2S. The number of rotatable bonds is 6. The Hall–Kier alpha value is -0.0800. The average Bonchev–Trinajstić information content (AvgIpc) is 2.48. The zero-order valence-corrected chi connectivity index (χ0v) is 16.5. The third-order valence-corrected chi connectivity index (χ3v) is 5.53. The summed E-state index contributed by atoms with van der Waals surface area (Å²) < 4.78 is 7.11. The lowest BCUT2D eigenvalue weighted by molar-refractivity contribution is -0.113. The lowest BCUT2D eigenvalue weighted by Crippen LogP contribution is -2.37. The van der Waals surface area contributed by atoms with Crippen LogP contribution in [0.4, 0.5) is 5.69 Å². The molecule has 0 spiro atoms. The monoisotopic (exact) mass is 450 g/mol. The fourth-order valence-corrected chi connectivity index (χ4v) is 4.58. The van der Waals surface area contributed by atoms with Gasteiger partial charge in [-0.3, -0.25) is 9.69 Å². The number of ether oxygens (including phenoxy) is 1. The molecule has 1 aromatic carbocycles. The molecule has 1 fully saturated rings. The topological polar surface area (TPSA) is 41.6 Å². The van der Waals surface area contributed by atoms with Gasteiger partial charge in [0.1, 0.15) is 0 Å². The lowest BCUT2D eigenvalue weighted by Gasteiger charge is -2.26. The van der Waals surface area contributed by atoms with Crippen LogP contribution in [0.25, 0.3) is 0 Å². The summed E-state index contributed by atoms with van der Waals surface area (Å²) in [5.74, 6) is 1.46. The van der Waals surface area contributed by atoms with Gasteiger partial charge in [0.2, 0.25) is 5.91 Å². The van der Waals surface area contributed by atoms with Crippen LogP contribution in [0.2, 0.25) is 0 Å². The molecule has 1 aliphatic rings. The molecule has 1 heterocycles. The number of carbonyl (C=O) groups is 1. The number of anilines is 1. The molecule has 0 bridgehead atoms. The average molecular weight is 452 g/mol. The first-order valence-corrected chi connectivity index (χ1v) is 9.93. The smallest absolute Gasteiger partial charge is 0.234 e. The molecule has 0 saturated carbocycles. The van der Waals surface area contributed by atoms with E-state index in [0.29, 0.717) is 5.75 Å². The molecule has 0 aliphatic carbocycles. The Morgan fingerprint density at radius 1 is 1.32 bits per heavy atom. The first-order valence-electron chi connectivity index (χ1n) is 7.19. The molecule has 0 radical (unpaired) electrons. The van der Waals surface area contributed by atoms with Gasteiger partial charge in [-0.2, -0.15) is 11.8 Å². The molecule has 0 unspecified atom stereocenters. The van der Waals surface area contributed by atoms with Gasteiger partial charge < -0.3 is 10.1 Å². The number of hydrogen-bond donors (Lipinski definition) is 1. The van der Waals surface area contributed by atoms with Gasteiger partial charge in [0.05, 0.1) is 24.7 Å². The second-order valence-electron chi connectivity index (χ2n) is 5.16. The molecule has 0 aromatic heterocycles. The van der Waals surface area contributed by atoms with Crippen LogP contribution >= 0.6 is 43.6 Å². The summed E-state index contributed by atoms with van der Waals surface area (Å²) in [4.78, 5) is 14.4. The Morgan fingerprint density at radius 2 is 1.95 bits per heavy atom. The standard InChI is InChI=1S/C15H20Br2N2O2S/c1-11-8-12(16)15(13(17)9-11)18-14(20)10-22-7-4-19-2-5-21-6-3-19/h8-9H,2-7,10H2,1H3,(H,18,20). The third kappa shape index (κ3) is 5.85. The first-order chi connectivity index (χ1) is 10.6. The molecule has 1 amide bonds. The predicted octanol–water partition coefficient (Wildman–Crippen LogP) is 3.52. The zero-order valence-electron chi connectivity index (χ0n) is 12.5. The normalized spacial score (nSPS) is 15.8. The van der Waals surface area contributed by atoms with E-state index < -0.39 is 0 Å². The largest absolute Gasteiger partial charge is 0.379 e. The van der Waals surface area contributed by atoms with Crippen molar-refractivity contribution in [1.82, 2.24) is 4.90 Å². The maximum Gasteiger partial charge on any atom is 0.234 e. The van der Waals surface area contributed by atoms with Crippen LogP contribution in [0.3, 0.4) is 0 Å². The summed E-state index contributed by atoms with van der Waals surface area (Å²) in [6, 6.07) is 3.98. The van der Waals surface area contributed by atoms with E-state index in [4.69, 9.17) is 4.74 Å². The third-order valence-electron chi connectivity index (χ3n) is 3.34. The predicted molar refractivity (Wildman–Crippen MR) is 99.8 cm³/mol. The number of nitrogens with zero attached hydrogens (tertiary/aromatic N) is 1. The van der Waals surface area contributed by atoms with Gasteiger partial charge >= 0.3 is 0 Å². The zero-order chi connectivity index (χ0) is 15.9. The van der Waals surface area contributed by atoms with Gasteiger partial charge in [0, 0.05) is 34.3 Å². The molecule has 1 N–H and O–H groups in total. The molecule has 122 valence electrons. The highest BCUT2D eigenvalue weighted by Crippen LogP contribution is 2.32. The Balaban J connectivity index is 1.71. The van der Waals surface area contributed by atoms with E-state index in [2.05, 4.69) is 42.1 Å². The van der Waals surface area contributed by atoms with Crippen LogP contribution in [-0.2, 0) is 9.53 Å². The fraction of sp³-hybridized carbons (Fsp3) is 0.533. The van der Waals surface area contributed by atoms with Crippen molar-refractivity contribution in [3.05, 3.63) is 26.6 Å². The van der Waals surface area contributed by atoms with Crippen molar-refractivity contribution < 1.29 is 9.53 Å². The van der Waals surface area contributed by atoms with Gasteiger partial charge in [0.15, 0.2) is 0 Å². The van der Waals surface area contributed by atoms with E-state index >= 15 is 0 Å². The van der Waals surface area contributed by atoms with Gasteiger partial charge in [-0.05, 0) is 56.5 Å². The summed E-state index contributed by atoms with van der Waals surface area (Å²) in [5, 5.41) is 2.96. The maximum absolute atomic E-state index is 12.0. The molecule has 1 aliphatic heterocycles. The second-order valence-corrected chi connectivity index (χ2v) is 7.97. The highest BCUT2D eigenvalue weighted by molar-refractivity contribution is 9.11. The molecule has 4 nitrogen and oxygen atoms in total. The Labute approximate surface area is 152 Å². The van der Waals surface area contributed by atoms with Crippen LogP contribution in [-0.4, -0.2) is 55.2 Å². The minimum absolute atomic E-state index is 0.0252. The summed E-state index contributed by atoms with van der Waals surface area (Å²) in [7, 11) is 0. The number of amides is 1. The number of hydrogen-bond acceptors (Lipinski definition) is 4. The van der Waals surface area contributed by atoms with E-state index in [1.807, 2.05) is 19.1 Å². The first kappa shape index (κ1) is 18.3. The number of aryl methyl sites for hydroxylation is 1. The number of benzene rings is 1. The molecule has 0 atom stereocenters. The van der Waals surface area contributed by atoms with Gasteiger partial charge in [0.25, 0.3) is 0 Å². The van der Waals surface area contributed by atoms with Crippen LogP contribution < -0.4 is 5.32 Å². The minimum Gasteiger partial charge on any atom is -0.379 e. The van der Waals surface area contributed by atoms with Crippen molar-refractivity contribution in [2.75, 3.05) is 49.7 Å². The van der Waals surface area contributed by atoms with Gasteiger partial charge in [-0.15, -0.1) is 0 Å². The van der Waals surface area contributed by atoms with E-state index in [1.54, 1.807) is 11.8 Å². The molecule has 7 heteroatoms. The van der Waals surface area contributed by atoms with Crippen LogP contribution in [0.1, 0.15) is 5.56 Å². The SMILES string of the molecule is Cc1cc(Br)c(NC(=O)CSCCN2CCOCC2)c(Br)c1. The van der Waals surface area contributed by atoms with Crippen molar-refractivity contribution in [3.63, 3.8) is 0 Å². The molecule has 22 heavy (non-hydrogen) atoms. The fourth-order valence-electron chi connectivity index (χ4n) is 2.18. The van der Waals surface area contributed by atoms with Crippen LogP contribution in [0.15, 0.2) is 21.1 Å². The Kier molecular flexibility index (Phi) is 7.70. The Bertz CT molecular complexity index is 499. The number of nitrogens with one attached hydrogen (secondary N) is 1. The number of carbonyl (C=O) groups excluding carboxylic acids is 1. The van der Waals surface area contributed by atoms with E-state index in [1.165, 1.54) is 0 Å². The molecule has 2 rings (SSSR count). The maximum atomic E-state index is 12.0. The van der Waals surface area contributed by atoms with Crippen LogP contribution in [0, 0.1) is 6.92 Å². The van der Waals surface area contributed by atoms with Crippen molar-refractivity contribution >= 4 is 55.2 Å². The molecule has 1 aromatic rings.